The van der Waals surface area contributed by atoms with E-state index in [1.54, 1.807) is 24.3 Å². The van der Waals surface area contributed by atoms with Crippen molar-refractivity contribution < 1.29 is 5.11 Å². The molecule has 2 aromatic carbocycles. The van der Waals surface area contributed by atoms with Gasteiger partial charge in [-0.1, -0.05) is 24.1 Å². The Morgan fingerprint density at radius 2 is 1.91 bits per heavy atom. The molecule has 0 aliphatic rings. The van der Waals surface area contributed by atoms with Gasteiger partial charge in [0.05, 0.1) is 17.7 Å². The number of benzene rings is 2. The molecule has 3 nitrogen and oxygen atoms in total. The van der Waals surface area contributed by atoms with Gasteiger partial charge in [0.2, 0.25) is 0 Å². The first kappa shape index (κ1) is 15.6. The summed E-state index contributed by atoms with van der Waals surface area (Å²) in [7, 11) is 0. The summed E-state index contributed by atoms with van der Waals surface area (Å²) in [6, 6.07) is 16.8. The van der Waals surface area contributed by atoms with Crippen molar-refractivity contribution in [3.8, 4) is 18.4 Å². The van der Waals surface area contributed by atoms with E-state index in [1.165, 1.54) is 0 Å². The number of anilines is 1. The van der Waals surface area contributed by atoms with E-state index < -0.39 is 6.10 Å². The van der Waals surface area contributed by atoms with Gasteiger partial charge in [-0.2, -0.15) is 5.26 Å². The lowest BCUT2D eigenvalue weighted by atomic mass is 10.1. The number of hydrogen-bond donors (Lipinski definition) is 1. The van der Waals surface area contributed by atoms with Crippen molar-refractivity contribution in [2.75, 3.05) is 18.0 Å². The number of hydrogen-bond acceptors (Lipinski definition) is 3. The van der Waals surface area contributed by atoms with Crippen LogP contribution in [0.1, 0.15) is 29.7 Å². The summed E-state index contributed by atoms with van der Waals surface area (Å²) in [5.74, 6) is 2.62. The van der Waals surface area contributed by atoms with E-state index in [2.05, 4.69) is 16.9 Å². The number of likely N-dealkylation sites (N-methyl/N-ethyl adjacent to an activating group) is 1. The largest absolute Gasteiger partial charge is 0.387 e. The second-order valence-corrected chi connectivity index (χ2v) is 4.98. The lowest BCUT2D eigenvalue weighted by Gasteiger charge is -2.26. The van der Waals surface area contributed by atoms with Crippen LogP contribution >= 0.6 is 0 Å². The Kier molecular flexibility index (Phi) is 5.20. The van der Waals surface area contributed by atoms with Crippen molar-refractivity contribution in [2.45, 2.75) is 13.0 Å². The van der Waals surface area contributed by atoms with Gasteiger partial charge in [-0.15, -0.1) is 6.42 Å². The van der Waals surface area contributed by atoms with Crippen LogP contribution in [0.25, 0.3) is 0 Å². The van der Waals surface area contributed by atoms with Gasteiger partial charge in [-0.25, -0.2) is 0 Å². The highest BCUT2D eigenvalue weighted by Crippen LogP contribution is 2.21. The number of rotatable bonds is 5. The fraction of sp³-hybridized carbons (Fsp3) is 0.211. The van der Waals surface area contributed by atoms with Gasteiger partial charge in [-0.05, 0) is 42.8 Å². The molecule has 1 atom stereocenters. The second-order valence-electron chi connectivity index (χ2n) is 4.98. The Balaban J connectivity index is 2.15. The maximum Gasteiger partial charge on any atom is 0.0991 e. The molecule has 0 aliphatic heterocycles. The smallest absolute Gasteiger partial charge is 0.0991 e. The highest BCUT2D eigenvalue weighted by Gasteiger charge is 2.13. The molecular formula is C19H18N2O. The quantitative estimate of drug-likeness (QED) is 0.861. The third kappa shape index (κ3) is 3.67. The van der Waals surface area contributed by atoms with E-state index in [0.29, 0.717) is 12.1 Å². The van der Waals surface area contributed by atoms with Crippen LogP contribution in [0.15, 0.2) is 48.5 Å². The molecule has 1 unspecified atom stereocenters. The molecule has 0 saturated heterocycles. The molecule has 0 saturated carbocycles. The molecule has 0 radical (unpaired) electrons. The number of aliphatic hydroxyl groups excluding tert-OH is 1. The lowest BCUT2D eigenvalue weighted by Crippen LogP contribution is -2.28. The summed E-state index contributed by atoms with van der Waals surface area (Å²) < 4.78 is 0. The molecule has 0 bridgehead atoms. The summed E-state index contributed by atoms with van der Waals surface area (Å²) in [5, 5.41) is 19.2. The normalized spacial score (nSPS) is 11.3. The van der Waals surface area contributed by atoms with E-state index >= 15 is 0 Å². The molecule has 2 aromatic rings. The topological polar surface area (TPSA) is 47.3 Å². The molecule has 0 aliphatic carbocycles. The first-order valence-corrected chi connectivity index (χ1v) is 7.17. The summed E-state index contributed by atoms with van der Waals surface area (Å²) in [6.07, 6.45) is 4.81. The minimum absolute atomic E-state index is 0.469. The fourth-order valence-electron chi connectivity index (χ4n) is 2.30. The Morgan fingerprint density at radius 1 is 1.18 bits per heavy atom. The third-order valence-electron chi connectivity index (χ3n) is 3.58. The van der Waals surface area contributed by atoms with Crippen LogP contribution in [0, 0.1) is 23.7 Å². The number of aliphatic hydroxyl groups is 1. The lowest BCUT2D eigenvalue weighted by molar-refractivity contribution is 0.183. The van der Waals surface area contributed by atoms with Crippen LogP contribution in [0.4, 0.5) is 5.69 Å². The van der Waals surface area contributed by atoms with Crippen LogP contribution in [0.2, 0.25) is 0 Å². The van der Waals surface area contributed by atoms with Crippen LogP contribution in [-0.4, -0.2) is 18.2 Å². The van der Waals surface area contributed by atoms with Crippen molar-refractivity contribution in [2.24, 2.45) is 0 Å². The summed E-state index contributed by atoms with van der Waals surface area (Å²) >= 11 is 0. The molecule has 0 fully saturated rings. The van der Waals surface area contributed by atoms with Crippen molar-refractivity contribution in [3.63, 3.8) is 0 Å². The zero-order chi connectivity index (χ0) is 15.9. The predicted octanol–water partition coefficient (Wildman–Crippen LogP) is 3.10. The van der Waals surface area contributed by atoms with Gasteiger partial charge in [0.15, 0.2) is 0 Å². The van der Waals surface area contributed by atoms with Gasteiger partial charge >= 0.3 is 0 Å². The fourth-order valence-corrected chi connectivity index (χ4v) is 2.30. The number of terminal acetylenes is 1. The van der Waals surface area contributed by atoms with Gasteiger partial charge in [-0.3, -0.25) is 0 Å². The number of nitriles is 1. The van der Waals surface area contributed by atoms with Gasteiger partial charge < -0.3 is 10.0 Å². The van der Waals surface area contributed by atoms with Gasteiger partial charge in [0.25, 0.3) is 0 Å². The minimum Gasteiger partial charge on any atom is -0.387 e. The Hall–Kier alpha value is -2.75. The predicted molar refractivity (Wildman–Crippen MR) is 88.4 cm³/mol. The SMILES string of the molecule is C#Cc1cccc(N(CC)CC(O)c2ccc(C#N)cc2)c1. The van der Waals surface area contributed by atoms with Crippen molar-refractivity contribution >= 4 is 5.69 Å². The average Bonchev–Trinajstić information content (AvgIpc) is 2.59. The van der Waals surface area contributed by atoms with Crippen LogP contribution in [0.3, 0.4) is 0 Å². The Labute approximate surface area is 131 Å². The first-order valence-electron chi connectivity index (χ1n) is 7.17. The van der Waals surface area contributed by atoms with Gasteiger partial charge in [0, 0.05) is 24.3 Å². The highest BCUT2D eigenvalue weighted by molar-refractivity contribution is 5.52. The standard InChI is InChI=1S/C19H18N2O/c1-3-15-6-5-7-18(12-15)21(4-2)14-19(22)17-10-8-16(13-20)9-11-17/h1,5-12,19,22H,4,14H2,2H3. The van der Waals surface area contributed by atoms with Crippen LogP contribution in [-0.2, 0) is 0 Å². The Morgan fingerprint density at radius 3 is 2.50 bits per heavy atom. The molecule has 0 aromatic heterocycles. The van der Waals surface area contributed by atoms with Gasteiger partial charge in [0.1, 0.15) is 0 Å². The van der Waals surface area contributed by atoms with E-state index in [4.69, 9.17) is 11.7 Å². The van der Waals surface area contributed by atoms with E-state index in [1.807, 2.05) is 31.2 Å². The maximum atomic E-state index is 10.4. The number of nitrogens with zero attached hydrogens (tertiary/aromatic N) is 2. The summed E-state index contributed by atoms with van der Waals surface area (Å²) in [5.41, 5.74) is 3.20. The first-order chi connectivity index (χ1) is 10.7. The zero-order valence-corrected chi connectivity index (χ0v) is 12.5. The third-order valence-corrected chi connectivity index (χ3v) is 3.58. The van der Waals surface area contributed by atoms with Crippen LogP contribution < -0.4 is 4.90 Å². The van der Waals surface area contributed by atoms with Crippen molar-refractivity contribution in [3.05, 3.63) is 65.2 Å². The van der Waals surface area contributed by atoms with Crippen molar-refractivity contribution in [1.29, 1.82) is 5.26 Å². The molecule has 22 heavy (non-hydrogen) atoms. The van der Waals surface area contributed by atoms with E-state index in [0.717, 1.165) is 23.4 Å². The average molecular weight is 290 g/mol. The molecular weight excluding hydrogens is 272 g/mol. The monoisotopic (exact) mass is 290 g/mol. The van der Waals surface area contributed by atoms with E-state index in [-0.39, 0.29) is 0 Å². The molecule has 0 spiro atoms. The summed E-state index contributed by atoms with van der Waals surface area (Å²) in [4.78, 5) is 2.07. The minimum atomic E-state index is -0.623. The highest BCUT2D eigenvalue weighted by atomic mass is 16.3. The Bertz CT molecular complexity index is 707. The maximum absolute atomic E-state index is 10.4. The summed E-state index contributed by atoms with van der Waals surface area (Å²) in [6.45, 7) is 3.27. The molecule has 0 heterocycles. The molecule has 0 amide bonds. The second kappa shape index (κ2) is 7.31. The molecule has 3 heteroatoms. The zero-order valence-electron chi connectivity index (χ0n) is 12.5. The molecule has 110 valence electrons. The van der Waals surface area contributed by atoms with E-state index in [9.17, 15) is 5.11 Å². The molecule has 2 rings (SSSR count). The molecule has 1 N–H and O–H groups in total. The van der Waals surface area contributed by atoms with Crippen LogP contribution in [0.5, 0.6) is 0 Å². The van der Waals surface area contributed by atoms with Crippen molar-refractivity contribution in [1.82, 2.24) is 0 Å².